The number of rotatable bonds is 3. The third-order valence-corrected chi connectivity index (χ3v) is 2.28. The van der Waals surface area contributed by atoms with Gasteiger partial charge in [0.1, 0.15) is 16.7 Å². The van der Waals surface area contributed by atoms with Crippen molar-refractivity contribution in [3.05, 3.63) is 41.1 Å². The monoisotopic (exact) mass is 271 g/mol. The van der Waals surface area contributed by atoms with Crippen LogP contribution in [0.5, 0.6) is 0 Å². The highest BCUT2D eigenvalue weighted by molar-refractivity contribution is 6.32. The molecule has 94 valence electrons. The first-order chi connectivity index (χ1) is 8.58. The standard InChI is InChI=1S/C10H8ClF2N5/c11-8-4-15-10(18-14)17-9(8)16-7-2-5(12)1-6(13)3-7/h1-4H,14H2,(H2,15,16,17,18). The van der Waals surface area contributed by atoms with Crippen molar-refractivity contribution in [3.8, 4) is 0 Å². The van der Waals surface area contributed by atoms with Crippen LogP contribution in [-0.2, 0) is 0 Å². The van der Waals surface area contributed by atoms with Gasteiger partial charge in [0.25, 0.3) is 0 Å². The molecule has 5 nitrogen and oxygen atoms in total. The largest absolute Gasteiger partial charge is 0.339 e. The number of nitrogens with one attached hydrogen (secondary N) is 2. The SMILES string of the molecule is NNc1ncc(Cl)c(Nc2cc(F)cc(F)c2)n1. The first-order valence-corrected chi connectivity index (χ1v) is 5.18. The summed E-state index contributed by atoms with van der Waals surface area (Å²) < 4.78 is 26.0. The molecule has 0 aliphatic heterocycles. The Hall–Kier alpha value is -1.99. The van der Waals surface area contributed by atoms with Gasteiger partial charge in [-0.2, -0.15) is 4.98 Å². The zero-order valence-corrected chi connectivity index (χ0v) is 9.67. The van der Waals surface area contributed by atoms with Gasteiger partial charge in [0.2, 0.25) is 5.95 Å². The lowest BCUT2D eigenvalue weighted by atomic mass is 10.3. The first-order valence-electron chi connectivity index (χ1n) is 4.81. The summed E-state index contributed by atoms with van der Waals surface area (Å²) in [5.74, 6) is 4.04. The van der Waals surface area contributed by atoms with E-state index in [0.29, 0.717) is 0 Å². The molecular formula is C10H8ClF2N5. The van der Waals surface area contributed by atoms with Gasteiger partial charge < -0.3 is 5.32 Å². The molecule has 0 fully saturated rings. The van der Waals surface area contributed by atoms with E-state index in [2.05, 4.69) is 20.7 Å². The van der Waals surface area contributed by atoms with Crippen LogP contribution >= 0.6 is 11.6 Å². The van der Waals surface area contributed by atoms with Crippen LogP contribution in [0.15, 0.2) is 24.4 Å². The Balaban J connectivity index is 2.33. The average molecular weight is 272 g/mol. The third-order valence-electron chi connectivity index (χ3n) is 2.00. The minimum Gasteiger partial charge on any atom is -0.339 e. The molecule has 0 radical (unpaired) electrons. The second kappa shape index (κ2) is 5.11. The molecule has 0 unspecified atom stereocenters. The highest BCUT2D eigenvalue weighted by Crippen LogP contribution is 2.24. The fourth-order valence-electron chi connectivity index (χ4n) is 1.29. The van der Waals surface area contributed by atoms with Crippen molar-refractivity contribution in [3.63, 3.8) is 0 Å². The minimum atomic E-state index is -0.708. The number of nitrogens with zero attached hydrogens (tertiary/aromatic N) is 2. The molecule has 4 N–H and O–H groups in total. The van der Waals surface area contributed by atoms with E-state index in [0.717, 1.165) is 18.2 Å². The lowest BCUT2D eigenvalue weighted by Crippen LogP contribution is -2.11. The van der Waals surface area contributed by atoms with E-state index < -0.39 is 11.6 Å². The smallest absolute Gasteiger partial charge is 0.239 e. The van der Waals surface area contributed by atoms with E-state index >= 15 is 0 Å². The first kappa shape index (κ1) is 12.5. The fraction of sp³-hybridized carbons (Fsp3) is 0. The minimum absolute atomic E-state index is 0.124. The number of aromatic nitrogens is 2. The molecule has 0 atom stereocenters. The third kappa shape index (κ3) is 2.82. The summed E-state index contributed by atoms with van der Waals surface area (Å²) in [6.45, 7) is 0. The van der Waals surface area contributed by atoms with Crippen LogP contribution in [0.4, 0.5) is 26.2 Å². The molecule has 0 spiro atoms. The van der Waals surface area contributed by atoms with E-state index in [4.69, 9.17) is 17.4 Å². The van der Waals surface area contributed by atoms with Crippen molar-refractivity contribution >= 4 is 29.1 Å². The van der Waals surface area contributed by atoms with Gasteiger partial charge in [0, 0.05) is 11.8 Å². The van der Waals surface area contributed by atoms with Crippen LogP contribution in [0.25, 0.3) is 0 Å². The Labute approximate surface area is 106 Å². The normalized spacial score (nSPS) is 10.2. The summed E-state index contributed by atoms with van der Waals surface area (Å²) in [5, 5.41) is 2.86. The summed E-state index contributed by atoms with van der Waals surface area (Å²) in [6, 6.07) is 2.98. The summed E-state index contributed by atoms with van der Waals surface area (Å²) in [5.41, 5.74) is 2.41. The Morgan fingerprint density at radius 3 is 2.44 bits per heavy atom. The summed E-state index contributed by atoms with van der Waals surface area (Å²) in [6.07, 6.45) is 1.31. The predicted molar refractivity (Wildman–Crippen MR) is 64.5 cm³/mol. The van der Waals surface area contributed by atoms with E-state index in [-0.39, 0.29) is 22.5 Å². The molecule has 2 aromatic rings. The molecule has 1 heterocycles. The van der Waals surface area contributed by atoms with Crippen molar-refractivity contribution < 1.29 is 8.78 Å². The maximum absolute atomic E-state index is 13.0. The summed E-state index contributed by atoms with van der Waals surface area (Å²) in [7, 11) is 0. The van der Waals surface area contributed by atoms with Crippen LogP contribution in [0.1, 0.15) is 0 Å². The lowest BCUT2D eigenvalue weighted by molar-refractivity contribution is 0.584. The number of nitrogens with two attached hydrogens (primary N) is 1. The molecule has 0 amide bonds. The van der Waals surface area contributed by atoms with Crippen LogP contribution in [0.3, 0.4) is 0 Å². The van der Waals surface area contributed by atoms with Crippen LogP contribution < -0.4 is 16.6 Å². The summed E-state index contributed by atoms with van der Waals surface area (Å²) in [4.78, 5) is 7.68. The molecule has 0 saturated carbocycles. The molecule has 0 bridgehead atoms. The van der Waals surface area contributed by atoms with Gasteiger partial charge in [0.05, 0.1) is 6.20 Å². The van der Waals surface area contributed by atoms with Crippen molar-refractivity contribution in [1.82, 2.24) is 9.97 Å². The van der Waals surface area contributed by atoms with E-state index in [1.807, 2.05) is 0 Å². The Bertz CT molecular complexity index is 558. The van der Waals surface area contributed by atoms with Gasteiger partial charge in [-0.05, 0) is 12.1 Å². The number of hydrogen-bond donors (Lipinski definition) is 3. The van der Waals surface area contributed by atoms with Crippen molar-refractivity contribution in [1.29, 1.82) is 0 Å². The highest BCUT2D eigenvalue weighted by Gasteiger charge is 2.07. The van der Waals surface area contributed by atoms with Gasteiger partial charge in [-0.15, -0.1) is 0 Å². The van der Waals surface area contributed by atoms with E-state index in [1.165, 1.54) is 6.20 Å². The fourth-order valence-corrected chi connectivity index (χ4v) is 1.43. The summed E-state index contributed by atoms with van der Waals surface area (Å²) >= 11 is 5.84. The molecule has 1 aromatic heterocycles. The molecule has 0 aliphatic rings. The maximum Gasteiger partial charge on any atom is 0.239 e. The van der Waals surface area contributed by atoms with Crippen molar-refractivity contribution in [2.75, 3.05) is 10.7 Å². The average Bonchev–Trinajstić information content (AvgIpc) is 2.30. The van der Waals surface area contributed by atoms with Gasteiger partial charge in [-0.3, -0.25) is 5.43 Å². The van der Waals surface area contributed by atoms with Crippen molar-refractivity contribution in [2.24, 2.45) is 5.84 Å². The van der Waals surface area contributed by atoms with Crippen molar-refractivity contribution in [2.45, 2.75) is 0 Å². The number of nitrogen functional groups attached to an aromatic ring is 1. The van der Waals surface area contributed by atoms with E-state index in [1.54, 1.807) is 0 Å². The van der Waals surface area contributed by atoms with Gasteiger partial charge >= 0.3 is 0 Å². The number of hydrazine groups is 1. The topological polar surface area (TPSA) is 75.9 Å². The number of halogens is 3. The Morgan fingerprint density at radius 2 is 1.83 bits per heavy atom. The predicted octanol–water partition coefficient (Wildman–Crippen LogP) is 2.44. The molecule has 0 aliphatic carbocycles. The molecule has 0 saturated heterocycles. The van der Waals surface area contributed by atoms with Gasteiger partial charge in [0.15, 0.2) is 5.82 Å². The second-order valence-corrected chi connectivity index (χ2v) is 3.72. The number of anilines is 3. The molecular weight excluding hydrogens is 264 g/mol. The zero-order valence-electron chi connectivity index (χ0n) is 8.92. The maximum atomic E-state index is 13.0. The quantitative estimate of drug-likeness (QED) is 0.590. The number of benzene rings is 1. The molecule has 18 heavy (non-hydrogen) atoms. The zero-order chi connectivity index (χ0) is 13.1. The molecule has 2 rings (SSSR count). The van der Waals surface area contributed by atoms with Crippen LogP contribution in [-0.4, -0.2) is 9.97 Å². The second-order valence-electron chi connectivity index (χ2n) is 3.32. The van der Waals surface area contributed by atoms with Crippen LogP contribution in [0, 0.1) is 11.6 Å². The van der Waals surface area contributed by atoms with Gasteiger partial charge in [-0.25, -0.2) is 19.6 Å². The van der Waals surface area contributed by atoms with Gasteiger partial charge in [-0.1, -0.05) is 11.6 Å². The lowest BCUT2D eigenvalue weighted by Gasteiger charge is -2.08. The Kier molecular flexibility index (Phi) is 3.54. The van der Waals surface area contributed by atoms with E-state index in [9.17, 15) is 8.78 Å². The van der Waals surface area contributed by atoms with Crippen LogP contribution in [0.2, 0.25) is 5.02 Å². The molecule has 1 aromatic carbocycles. The Morgan fingerprint density at radius 1 is 1.17 bits per heavy atom. The highest BCUT2D eigenvalue weighted by atomic mass is 35.5. The molecule has 8 heteroatoms. The number of hydrogen-bond acceptors (Lipinski definition) is 5.